The molecule has 7 heteroatoms. The molecule has 22 heavy (non-hydrogen) atoms. The van der Waals surface area contributed by atoms with Gasteiger partial charge in [-0.2, -0.15) is 0 Å². The molecule has 1 aliphatic rings. The zero-order valence-corrected chi connectivity index (χ0v) is 13.3. The van der Waals surface area contributed by atoms with Crippen LogP contribution in [0.3, 0.4) is 0 Å². The molecule has 2 rings (SSSR count). The fraction of sp³-hybridized carbons (Fsp3) is 0.333. The maximum atomic E-state index is 12.2. The largest absolute Gasteiger partial charge is 0.495 e. The zero-order chi connectivity index (χ0) is 16.3. The Bertz CT molecular complexity index is 642. The second-order valence-corrected chi connectivity index (χ2v) is 5.09. The van der Waals surface area contributed by atoms with E-state index in [-0.39, 0.29) is 12.6 Å². The molecular weight excluding hydrogens is 308 g/mol. The highest BCUT2D eigenvalue weighted by molar-refractivity contribution is 6.32. The van der Waals surface area contributed by atoms with Crippen LogP contribution >= 0.6 is 11.6 Å². The van der Waals surface area contributed by atoms with Gasteiger partial charge in [-0.3, -0.25) is 0 Å². The number of ether oxygens (including phenoxy) is 2. The number of rotatable bonds is 4. The van der Waals surface area contributed by atoms with Crippen LogP contribution in [0.1, 0.15) is 25.5 Å². The molecule has 1 heterocycles. The molecule has 0 spiro atoms. The molecule has 1 aromatic carbocycles. The van der Waals surface area contributed by atoms with Crippen molar-refractivity contribution in [1.82, 2.24) is 10.6 Å². The topological polar surface area (TPSA) is 76.7 Å². The number of hydrogen-bond acceptors (Lipinski definition) is 4. The summed E-state index contributed by atoms with van der Waals surface area (Å²) in [5.41, 5.74) is 1.48. The van der Waals surface area contributed by atoms with Crippen LogP contribution in [0.4, 0.5) is 4.79 Å². The molecule has 6 nitrogen and oxygen atoms in total. The van der Waals surface area contributed by atoms with Crippen molar-refractivity contribution in [2.24, 2.45) is 0 Å². The maximum Gasteiger partial charge on any atom is 0.338 e. The van der Waals surface area contributed by atoms with Gasteiger partial charge in [0.2, 0.25) is 0 Å². The number of esters is 1. The van der Waals surface area contributed by atoms with Crippen molar-refractivity contribution in [3.05, 3.63) is 40.1 Å². The first-order valence-electron chi connectivity index (χ1n) is 6.76. The monoisotopic (exact) mass is 324 g/mol. The predicted octanol–water partition coefficient (Wildman–Crippen LogP) is 2.54. The minimum Gasteiger partial charge on any atom is -0.495 e. The summed E-state index contributed by atoms with van der Waals surface area (Å²) in [7, 11) is 1.52. The Kier molecular flexibility index (Phi) is 4.92. The third-order valence-electron chi connectivity index (χ3n) is 3.27. The van der Waals surface area contributed by atoms with Gasteiger partial charge >= 0.3 is 12.0 Å². The lowest BCUT2D eigenvalue weighted by atomic mass is 9.95. The number of halogens is 1. The smallest absolute Gasteiger partial charge is 0.338 e. The van der Waals surface area contributed by atoms with Crippen LogP contribution in [0.2, 0.25) is 5.02 Å². The maximum absolute atomic E-state index is 12.2. The van der Waals surface area contributed by atoms with E-state index >= 15 is 0 Å². The summed E-state index contributed by atoms with van der Waals surface area (Å²) >= 11 is 6.12. The third-order valence-corrected chi connectivity index (χ3v) is 3.57. The SMILES string of the molecule is CCOC(=O)C1=C(C)NC(=O)N[C@H]1c1ccc(OC)c(Cl)c1. The van der Waals surface area contributed by atoms with E-state index in [1.54, 1.807) is 32.0 Å². The summed E-state index contributed by atoms with van der Waals surface area (Å²) in [6.45, 7) is 3.63. The minimum absolute atomic E-state index is 0.250. The van der Waals surface area contributed by atoms with E-state index in [0.29, 0.717) is 27.6 Å². The standard InChI is InChI=1S/C15H17ClN2O4/c1-4-22-14(19)12-8(2)17-15(20)18-13(12)9-5-6-11(21-3)10(16)7-9/h5-7,13H,4H2,1-3H3,(H2,17,18,20)/t13-/m0/s1. The van der Waals surface area contributed by atoms with Crippen LogP contribution in [0.25, 0.3) is 0 Å². The van der Waals surface area contributed by atoms with Gasteiger partial charge in [-0.1, -0.05) is 17.7 Å². The first-order valence-corrected chi connectivity index (χ1v) is 7.14. The number of hydrogen-bond donors (Lipinski definition) is 2. The molecule has 0 unspecified atom stereocenters. The van der Waals surface area contributed by atoms with E-state index in [4.69, 9.17) is 21.1 Å². The van der Waals surface area contributed by atoms with Gasteiger partial charge in [0.25, 0.3) is 0 Å². The van der Waals surface area contributed by atoms with Gasteiger partial charge in [0, 0.05) is 5.70 Å². The van der Waals surface area contributed by atoms with Crippen LogP contribution in [0.5, 0.6) is 5.75 Å². The van der Waals surface area contributed by atoms with Gasteiger partial charge in [-0.05, 0) is 31.5 Å². The van der Waals surface area contributed by atoms with Crippen molar-refractivity contribution in [3.63, 3.8) is 0 Å². The van der Waals surface area contributed by atoms with Gasteiger partial charge in [-0.15, -0.1) is 0 Å². The highest BCUT2D eigenvalue weighted by Gasteiger charge is 2.32. The van der Waals surface area contributed by atoms with E-state index in [2.05, 4.69) is 10.6 Å². The van der Waals surface area contributed by atoms with Crippen LogP contribution in [-0.4, -0.2) is 25.7 Å². The average molecular weight is 325 g/mol. The van der Waals surface area contributed by atoms with Crippen LogP contribution in [-0.2, 0) is 9.53 Å². The quantitative estimate of drug-likeness (QED) is 0.834. The lowest BCUT2D eigenvalue weighted by Crippen LogP contribution is -2.45. The summed E-state index contributed by atoms with van der Waals surface area (Å²) in [5, 5.41) is 5.68. The van der Waals surface area contributed by atoms with Gasteiger partial charge in [0.15, 0.2) is 0 Å². The summed E-state index contributed by atoms with van der Waals surface area (Å²) in [6, 6.07) is 4.07. The van der Waals surface area contributed by atoms with Crippen molar-refractivity contribution in [1.29, 1.82) is 0 Å². The highest BCUT2D eigenvalue weighted by Crippen LogP contribution is 2.32. The van der Waals surface area contributed by atoms with Gasteiger partial charge < -0.3 is 20.1 Å². The fourth-order valence-corrected chi connectivity index (χ4v) is 2.55. The number of amides is 2. The average Bonchev–Trinajstić information content (AvgIpc) is 2.46. The number of nitrogens with one attached hydrogen (secondary N) is 2. The number of carbonyl (C=O) groups excluding carboxylic acids is 2. The second-order valence-electron chi connectivity index (χ2n) is 4.68. The van der Waals surface area contributed by atoms with Gasteiger partial charge in [0.05, 0.1) is 30.4 Å². The lowest BCUT2D eigenvalue weighted by molar-refractivity contribution is -0.139. The Morgan fingerprint density at radius 3 is 2.73 bits per heavy atom. The summed E-state index contributed by atoms with van der Waals surface area (Å²) in [4.78, 5) is 23.9. The molecule has 0 fully saturated rings. The van der Waals surface area contributed by atoms with Crippen molar-refractivity contribution in [2.45, 2.75) is 19.9 Å². The first-order chi connectivity index (χ1) is 10.5. The summed E-state index contributed by atoms with van der Waals surface area (Å²) in [6.07, 6.45) is 0. The van der Waals surface area contributed by atoms with E-state index in [0.717, 1.165) is 0 Å². The van der Waals surface area contributed by atoms with Crippen LogP contribution in [0.15, 0.2) is 29.5 Å². The van der Waals surface area contributed by atoms with E-state index in [1.807, 2.05) is 0 Å². The molecule has 118 valence electrons. The summed E-state index contributed by atoms with van der Waals surface area (Å²) in [5.74, 6) is 0.0357. The van der Waals surface area contributed by atoms with Crippen LogP contribution < -0.4 is 15.4 Å². The van der Waals surface area contributed by atoms with E-state index < -0.39 is 12.0 Å². The molecule has 1 aliphatic heterocycles. The Labute approximate surface area is 133 Å². The number of allylic oxidation sites excluding steroid dienone is 1. The Morgan fingerprint density at radius 1 is 1.41 bits per heavy atom. The minimum atomic E-state index is -0.629. The Hall–Kier alpha value is -2.21. The molecule has 0 aliphatic carbocycles. The third kappa shape index (κ3) is 3.17. The zero-order valence-electron chi connectivity index (χ0n) is 12.5. The molecule has 2 N–H and O–H groups in total. The molecule has 1 atom stereocenters. The Morgan fingerprint density at radius 2 is 2.14 bits per heavy atom. The molecule has 1 aromatic rings. The molecule has 0 aromatic heterocycles. The highest BCUT2D eigenvalue weighted by atomic mass is 35.5. The number of urea groups is 1. The van der Waals surface area contributed by atoms with Crippen molar-refractivity contribution in [2.75, 3.05) is 13.7 Å². The summed E-state index contributed by atoms with van der Waals surface area (Å²) < 4.78 is 10.2. The van der Waals surface area contributed by atoms with Gasteiger partial charge in [-0.25, -0.2) is 9.59 Å². The molecular formula is C15H17ClN2O4. The number of methoxy groups -OCH3 is 1. The predicted molar refractivity (Wildman–Crippen MR) is 81.7 cm³/mol. The van der Waals surface area contributed by atoms with E-state index in [1.165, 1.54) is 7.11 Å². The second kappa shape index (κ2) is 6.70. The molecule has 0 saturated carbocycles. The molecule has 2 amide bonds. The first kappa shape index (κ1) is 16.2. The molecule has 0 radical (unpaired) electrons. The Balaban J connectivity index is 2.45. The molecule has 0 bridgehead atoms. The lowest BCUT2D eigenvalue weighted by Gasteiger charge is -2.28. The van der Waals surface area contributed by atoms with E-state index in [9.17, 15) is 9.59 Å². The van der Waals surface area contributed by atoms with Crippen molar-refractivity contribution >= 4 is 23.6 Å². The number of benzene rings is 1. The van der Waals surface area contributed by atoms with Crippen molar-refractivity contribution < 1.29 is 19.1 Å². The number of carbonyl (C=O) groups is 2. The van der Waals surface area contributed by atoms with Crippen molar-refractivity contribution in [3.8, 4) is 5.75 Å². The molecule has 0 saturated heterocycles. The van der Waals surface area contributed by atoms with Crippen LogP contribution in [0, 0.1) is 0 Å². The fourth-order valence-electron chi connectivity index (χ4n) is 2.29. The normalized spacial score (nSPS) is 17.6. The van der Waals surface area contributed by atoms with Gasteiger partial charge in [0.1, 0.15) is 5.75 Å².